The maximum atomic E-state index is 12.8. The summed E-state index contributed by atoms with van der Waals surface area (Å²) in [6, 6.07) is 15.7. The lowest BCUT2D eigenvalue weighted by Crippen LogP contribution is -2.28. The number of carbonyl (C=O) groups excluding carboxylic acids is 1. The third-order valence-corrected chi connectivity index (χ3v) is 2.96. The number of hydrogen-bond donors (Lipinski definition) is 1. The van der Waals surface area contributed by atoms with E-state index in [9.17, 15) is 9.18 Å². The van der Waals surface area contributed by atoms with E-state index in [1.165, 1.54) is 12.1 Å². The van der Waals surface area contributed by atoms with Gasteiger partial charge in [-0.15, -0.1) is 0 Å². The minimum atomic E-state index is -0.290. The smallest absolute Gasteiger partial charge is 0.224 e. The SMILES string of the molecule is C[C@H](NC(=O)Cc1ccc(F)cc1)c1ccccc1. The molecule has 3 heteroatoms. The number of rotatable bonds is 4. The normalized spacial score (nSPS) is 11.9. The molecule has 0 aliphatic heterocycles. The lowest BCUT2D eigenvalue weighted by atomic mass is 10.1. The fourth-order valence-electron chi connectivity index (χ4n) is 1.91. The van der Waals surface area contributed by atoms with E-state index < -0.39 is 0 Å². The minimum Gasteiger partial charge on any atom is -0.349 e. The van der Waals surface area contributed by atoms with Crippen molar-refractivity contribution in [2.24, 2.45) is 0 Å². The summed E-state index contributed by atoms with van der Waals surface area (Å²) in [5, 5.41) is 2.93. The Balaban J connectivity index is 1.93. The standard InChI is InChI=1S/C16H16FNO/c1-12(14-5-3-2-4-6-14)18-16(19)11-13-7-9-15(17)10-8-13/h2-10,12H,11H2,1H3,(H,18,19)/t12-/m0/s1. The molecule has 2 nitrogen and oxygen atoms in total. The van der Waals surface area contributed by atoms with E-state index in [0.717, 1.165) is 11.1 Å². The largest absolute Gasteiger partial charge is 0.349 e. The van der Waals surface area contributed by atoms with Crippen LogP contribution in [0.2, 0.25) is 0 Å². The van der Waals surface area contributed by atoms with Crippen LogP contribution in [0.25, 0.3) is 0 Å². The average molecular weight is 257 g/mol. The molecule has 0 fully saturated rings. The first-order valence-electron chi connectivity index (χ1n) is 6.24. The van der Waals surface area contributed by atoms with Gasteiger partial charge in [0, 0.05) is 0 Å². The van der Waals surface area contributed by atoms with Crippen molar-refractivity contribution >= 4 is 5.91 Å². The van der Waals surface area contributed by atoms with E-state index in [1.54, 1.807) is 12.1 Å². The van der Waals surface area contributed by atoms with E-state index >= 15 is 0 Å². The molecule has 2 rings (SSSR count). The van der Waals surface area contributed by atoms with Gasteiger partial charge in [-0.1, -0.05) is 42.5 Å². The summed E-state index contributed by atoms with van der Waals surface area (Å²) in [7, 11) is 0. The zero-order valence-electron chi connectivity index (χ0n) is 10.8. The highest BCUT2D eigenvalue weighted by atomic mass is 19.1. The van der Waals surface area contributed by atoms with Crippen LogP contribution in [0.15, 0.2) is 54.6 Å². The topological polar surface area (TPSA) is 29.1 Å². The zero-order chi connectivity index (χ0) is 13.7. The monoisotopic (exact) mass is 257 g/mol. The van der Waals surface area contributed by atoms with E-state index in [4.69, 9.17) is 0 Å². The van der Waals surface area contributed by atoms with Gasteiger partial charge in [0.15, 0.2) is 0 Å². The van der Waals surface area contributed by atoms with Crippen molar-refractivity contribution in [2.45, 2.75) is 19.4 Å². The van der Waals surface area contributed by atoms with Crippen molar-refractivity contribution in [3.8, 4) is 0 Å². The summed E-state index contributed by atoms with van der Waals surface area (Å²) in [5.74, 6) is -0.357. The first-order chi connectivity index (χ1) is 9.15. The number of benzene rings is 2. The molecule has 0 heterocycles. The summed E-state index contributed by atoms with van der Waals surface area (Å²) >= 11 is 0. The van der Waals surface area contributed by atoms with Gasteiger partial charge in [0.05, 0.1) is 12.5 Å². The van der Waals surface area contributed by atoms with Crippen LogP contribution in [0.3, 0.4) is 0 Å². The first kappa shape index (κ1) is 13.3. The van der Waals surface area contributed by atoms with Crippen LogP contribution in [-0.2, 0) is 11.2 Å². The molecule has 0 saturated heterocycles. The van der Waals surface area contributed by atoms with E-state index in [0.29, 0.717) is 0 Å². The molecule has 2 aromatic carbocycles. The molecule has 98 valence electrons. The van der Waals surface area contributed by atoms with Gasteiger partial charge in [0.2, 0.25) is 5.91 Å². The predicted molar refractivity (Wildman–Crippen MR) is 73.1 cm³/mol. The molecule has 2 aromatic rings. The Morgan fingerprint density at radius 1 is 1.11 bits per heavy atom. The highest BCUT2D eigenvalue weighted by Crippen LogP contribution is 2.11. The van der Waals surface area contributed by atoms with E-state index in [-0.39, 0.29) is 24.2 Å². The van der Waals surface area contributed by atoms with Gasteiger partial charge in [-0.25, -0.2) is 4.39 Å². The van der Waals surface area contributed by atoms with Crippen molar-refractivity contribution in [1.29, 1.82) is 0 Å². The number of hydrogen-bond acceptors (Lipinski definition) is 1. The molecule has 0 radical (unpaired) electrons. The molecule has 19 heavy (non-hydrogen) atoms. The van der Waals surface area contributed by atoms with Crippen molar-refractivity contribution in [3.63, 3.8) is 0 Å². The Hall–Kier alpha value is -2.16. The van der Waals surface area contributed by atoms with Crippen LogP contribution in [0, 0.1) is 5.82 Å². The molecular formula is C16H16FNO. The molecule has 0 spiro atoms. The van der Waals surface area contributed by atoms with Crippen LogP contribution in [0.4, 0.5) is 4.39 Å². The number of nitrogens with one attached hydrogen (secondary N) is 1. The Labute approximate surface area is 112 Å². The summed E-state index contributed by atoms with van der Waals surface area (Å²) < 4.78 is 12.8. The number of carbonyl (C=O) groups is 1. The summed E-state index contributed by atoms with van der Waals surface area (Å²) in [6.07, 6.45) is 0.261. The average Bonchev–Trinajstić information content (AvgIpc) is 2.42. The van der Waals surface area contributed by atoms with Crippen molar-refractivity contribution in [2.75, 3.05) is 0 Å². The molecule has 1 amide bonds. The quantitative estimate of drug-likeness (QED) is 0.895. The summed E-state index contributed by atoms with van der Waals surface area (Å²) in [6.45, 7) is 1.94. The highest BCUT2D eigenvalue weighted by Gasteiger charge is 2.09. The second-order valence-electron chi connectivity index (χ2n) is 4.50. The summed E-state index contributed by atoms with van der Waals surface area (Å²) in [5.41, 5.74) is 1.87. The van der Waals surface area contributed by atoms with Gasteiger partial charge in [0.1, 0.15) is 5.82 Å². The van der Waals surface area contributed by atoms with Crippen molar-refractivity contribution < 1.29 is 9.18 Å². The third kappa shape index (κ3) is 3.91. The fourth-order valence-corrected chi connectivity index (χ4v) is 1.91. The Morgan fingerprint density at radius 3 is 2.37 bits per heavy atom. The number of amides is 1. The maximum absolute atomic E-state index is 12.8. The third-order valence-electron chi connectivity index (χ3n) is 2.96. The molecule has 0 bridgehead atoms. The van der Waals surface area contributed by atoms with Crippen LogP contribution in [0.1, 0.15) is 24.1 Å². The van der Waals surface area contributed by atoms with E-state index in [1.807, 2.05) is 37.3 Å². The van der Waals surface area contributed by atoms with E-state index in [2.05, 4.69) is 5.32 Å². The van der Waals surface area contributed by atoms with Crippen molar-refractivity contribution in [1.82, 2.24) is 5.32 Å². The van der Waals surface area contributed by atoms with Crippen LogP contribution < -0.4 is 5.32 Å². The van der Waals surface area contributed by atoms with Crippen LogP contribution >= 0.6 is 0 Å². The van der Waals surface area contributed by atoms with Gasteiger partial charge in [-0.05, 0) is 30.2 Å². The molecular weight excluding hydrogens is 241 g/mol. The molecule has 0 saturated carbocycles. The van der Waals surface area contributed by atoms with Gasteiger partial charge in [0.25, 0.3) is 0 Å². The van der Waals surface area contributed by atoms with Crippen LogP contribution in [0.5, 0.6) is 0 Å². The molecule has 0 aliphatic rings. The minimum absolute atomic E-state index is 0.0332. The second kappa shape index (κ2) is 6.14. The first-order valence-corrected chi connectivity index (χ1v) is 6.24. The second-order valence-corrected chi connectivity index (χ2v) is 4.50. The molecule has 1 atom stereocenters. The fraction of sp³-hybridized carbons (Fsp3) is 0.188. The summed E-state index contributed by atoms with van der Waals surface area (Å²) in [4.78, 5) is 11.9. The highest BCUT2D eigenvalue weighted by molar-refractivity contribution is 5.78. The lowest BCUT2D eigenvalue weighted by molar-refractivity contribution is -0.121. The molecule has 1 N–H and O–H groups in total. The Kier molecular flexibility index (Phi) is 4.29. The van der Waals surface area contributed by atoms with Gasteiger partial charge in [-0.3, -0.25) is 4.79 Å². The number of halogens is 1. The lowest BCUT2D eigenvalue weighted by Gasteiger charge is -2.14. The predicted octanol–water partition coefficient (Wildman–Crippen LogP) is 3.25. The van der Waals surface area contributed by atoms with Crippen LogP contribution in [-0.4, -0.2) is 5.91 Å². The van der Waals surface area contributed by atoms with Gasteiger partial charge in [-0.2, -0.15) is 0 Å². The van der Waals surface area contributed by atoms with Gasteiger partial charge >= 0.3 is 0 Å². The van der Waals surface area contributed by atoms with Gasteiger partial charge < -0.3 is 5.32 Å². The molecule has 0 unspecified atom stereocenters. The maximum Gasteiger partial charge on any atom is 0.224 e. The molecule has 0 aromatic heterocycles. The van der Waals surface area contributed by atoms with Crippen molar-refractivity contribution in [3.05, 3.63) is 71.5 Å². The zero-order valence-corrected chi connectivity index (χ0v) is 10.8. The molecule has 0 aliphatic carbocycles. The Morgan fingerprint density at radius 2 is 1.74 bits per heavy atom. The Bertz CT molecular complexity index is 536.